The maximum absolute atomic E-state index is 9.79. The van der Waals surface area contributed by atoms with Crippen LogP contribution in [0.2, 0.25) is 0 Å². The maximum Gasteiger partial charge on any atom is 0.488 e. The molecule has 456 valence electrons. The van der Waals surface area contributed by atoms with Crippen LogP contribution in [0, 0.1) is 0 Å². The van der Waals surface area contributed by atoms with E-state index in [0.717, 1.165) is 93.1 Å². The van der Waals surface area contributed by atoms with Crippen molar-refractivity contribution in [2.45, 2.75) is 10.8 Å². The molecule has 2 aliphatic rings. The fourth-order valence-corrected chi connectivity index (χ4v) is 15.9. The summed E-state index contributed by atoms with van der Waals surface area (Å²) in [6.45, 7) is 0. The van der Waals surface area contributed by atoms with Gasteiger partial charge in [0.05, 0.1) is 38.9 Å². The van der Waals surface area contributed by atoms with Crippen molar-refractivity contribution in [1.82, 2.24) is 29.9 Å². The van der Waals surface area contributed by atoms with Crippen LogP contribution in [0.25, 0.3) is 99.6 Å². The van der Waals surface area contributed by atoms with E-state index in [1.165, 1.54) is 55.6 Å². The quantitative estimate of drug-likeness (QED) is 0.0669. The summed E-state index contributed by atoms with van der Waals surface area (Å²) in [7, 11) is -1.50. The Labute approximate surface area is 580 Å². The fourth-order valence-electron chi connectivity index (χ4n) is 14.5. The van der Waals surface area contributed by atoms with E-state index in [9.17, 15) is 10.0 Å². The molecule has 96 heavy (non-hydrogen) atoms. The molecule has 0 saturated carbocycles. The molecule has 0 bridgehead atoms. The van der Waals surface area contributed by atoms with Crippen LogP contribution in [0.3, 0.4) is 0 Å². The molecule has 0 amide bonds. The first-order valence-electron chi connectivity index (χ1n) is 31.5. The van der Waals surface area contributed by atoms with Crippen molar-refractivity contribution in [3.05, 3.63) is 374 Å². The Morgan fingerprint density at radius 3 is 1.11 bits per heavy atom. The highest BCUT2D eigenvalue weighted by atomic mass is 79.9. The SMILES string of the molecule is Brc1nc(-c2cccc(C3(c4ccccc4)c4ccccc4-c4ccccc43)c2)c2ccc3ccc(-c4ccccc4)nc3c2n1.Brc1nc(Br)c2ccc3ccc(-c4ccccc4)nc3c2n1.OB(O)c1cccc(C2(c3ccccc3)c3ccccc3-c3ccccc32)c1. The summed E-state index contributed by atoms with van der Waals surface area (Å²) in [6, 6.07) is 110. The third-order valence-electron chi connectivity index (χ3n) is 18.6. The number of nitrogens with zero attached hydrogens (tertiary/aromatic N) is 6. The van der Waals surface area contributed by atoms with Crippen molar-refractivity contribution >= 4 is 104 Å². The second-order valence-corrected chi connectivity index (χ2v) is 26.0. The van der Waals surface area contributed by atoms with E-state index in [1.807, 2.05) is 72.8 Å². The number of fused-ring (bicyclic) bond motifs is 12. The Kier molecular flexibility index (Phi) is 16.0. The highest BCUT2D eigenvalue weighted by Crippen LogP contribution is 2.58. The lowest BCUT2D eigenvalue weighted by molar-refractivity contribution is 0.425. The van der Waals surface area contributed by atoms with Crippen LogP contribution >= 0.6 is 47.8 Å². The summed E-state index contributed by atoms with van der Waals surface area (Å²) in [5, 5.41) is 23.6. The van der Waals surface area contributed by atoms with Gasteiger partial charge in [-0.3, -0.25) is 0 Å². The van der Waals surface area contributed by atoms with Gasteiger partial charge in [0.2, 0.25) is 0 Å². The van der Waals surface area contributed by atoms with E-state index in [0.29, 0.717) is 14.9 Å². The van der Waals surface area contributed by atoms with Crippen LogP contribution in [0.5, 0.6) is 0 Å². The summed E-state index contributed by atoms with van der Waals surface area (Å²) >= 11 is 10.5. The van der Waals surface area contributed by atoms with Crippen LogP contribution in [-0.2, 0) is 10.8 Å². The lowest BCUT2D eigenvalue weighted by Gasteiger charge is -2.34. The Balaban J connectivity index is 0.000000123. The molecule has 16 aromatic rings. The first-order valence-corrected chi connectivity index (χ1v) is 33.9. The Bertz CT molecular complexity index is 5560. The average Bonchev–Trinajstić information content (AvgIpc) is 1.54. The Hall–Kier alpha value is -10.4. The van der Waals surface area contributed by atoms with E-state index >= 15 is 0 Å². The molecular weight excluding hydrogens is 1380 g/mol. The van der Waals surface area contributed by atoms with Gasteiger partial charge < -0.3 is 10.0 Å². The average molecular weight is 1430 g/mol. The van der Waals surface area contributed by atoms with Gasteiger partial charge in [0.15, 0.2) is 9.47 Å². The number of hydrogen-bond acceptors (Lipinski definition) is 8. The van der Waals surface area contributed by atoms with Crippen LogP contribution < -0.4 is 5.46 Å². The summed E-state index contributed by atoms with van der Waals surface area (Å²) in [6.07, 6.45) is 0. The third kappa shape index (κ3) is 10.4. The molecule has 12 heteroatoms. The molecule has 2 N–H and O–H groups in total. The zero-order valence-corrected chi connectivity index (χ0v) is 56.1. The molecule has 0 aliphatic heterocycles. The molecule has 0 spiro atoms. The minimum atomic E-state index is -1.50. The van der Waals surface area contributed by atoms with Crippen LogP contribution in [0.1, 0.15) is 44.5 Å². The molecule has 2 aliphatic carbocycles. The molecular formula is C84H54BBr3N6O2. The number of pyridine rings is 2. The van der Waals surface area contributed by atoms with Crippen molar-refractivity contribution in [2.75, 3.05) is 0 Å². The fraction of sp³-hybridized carbons (Fsp3) is 0.0238. The summed E-state index contributed by atoms with van der Waals surface area (Å²) in [5.41, 5.74) is 23.5. The predicted octanol–water partition coefficient (Wildman–Crippen LogP) is 19.7. The van der Waals surface area contributed by atoms with Gasteiger partial charge in [0.25, 0.3) is 0 Å². The van der Waals surface area contributed by atoms with E-state index in [1.54, 1.807) is 6.07 Å². The highest BCUT2D eigenvalue weighted by Gasteiger charge is 2.47. The summed E-state index contributed by atoms with van der Waals surface area (Å²) in [4.78, 5) is 28.6. The lowest BCUT2D eigenvalue weighted by Crippen LogP contribution is -2.34. The van der Waals surface area contributed by atoms with Gasteiger partial charge in [-0.15, -0.1) is 0 Å². The van der Waals surface area contributed by atoms with Gasteiger partial charge in [0.1, 0.15) is 15.6 Å². The van der Waals surface area contributed by atoms with E-state index < -0.39 is 17.9 Å². The topological polar surface area (TPSA) is 118 Å². The number of hydrogen-bond donors (Lipinski definition) is 2. The monoisotopic (exact) mass is 1430 g/mol. The van der Waals surface area contributed by atoms with Gasteiger partial charge in [-0.25, -0.2) is 29.9 Å². The normalized spacial score (nSPS) is 12.8. The second kappa shape index (κ2) is 25.4. The first-order chi connectivity index (χ1) is 47.2. The number of rotatable bonds is 8. The molecule has 0 atom stereocenters. The van der Waals surface area contributed by atoms with Gasteiger partial charge >= 0.3 is 7.12 Å². The van der Waals surface area contributed by atoms with E-state index in [-0.39, 0.29) is 0 Å². The molecule has 0 fully saturated rings. The maximum atomic E-state index is 9.79. The molecule has 0 radical (unpaired) electrons. The minimum Gasteiger partial charge on any atom is -0.423 e. The van der Waals surface area contributed by atoms with Crippen molar-refractivity contribution in [1.29, 1.82) is 0 Å². The number of aromatic nitrogens is 6. The Morgan fingerprint density at radius 1 is 0.281 bits per heavy atom. The lowest BCUT2D eigenvalue weighted by atomic mass is 9.66. The predicted molar refractivity (Wildman–Crippen MR) is 400 cm³/mol. The zero-order chi connectivity index (χ0) is 64.9. The second-order valence-electron chi connectivity index (χ2n) is 23.8. The number of halogens is 3. The zero-order valence-electron chi connectivity index (χ0n) is 51.3. The molecule has 0 saturated heterocycles. The summed E-state index contributed by atoms with van der Waals surface area (Å²) < 4.78 is 1.85. The van der Waals surface area contributed by atoms with E-state index in [2.05, 4.69) is 294 Å². The highest BCUT2D eigenvalue weighted by molar-refractivity contribution is 9.11. The van der Waals surface area contributed by atoms with Crippen LogP contribution in [0.15, 0.2) is 330 Å². The summed E-state index contributed by atoms with van der Waals surface area (Å²) in [5.74, 6) is 0. The van der Waals surface area contributed by atoms with Crippen molar-refractivity contribution in [2.24, 2.45) is 0 Å². The minimum absolute atomic E-state index is 0.483. The van der Waals surface area contributed by atoms with E-state index in [4.69, 9.17) is 19.9 Å². The standard InChI is InChI=1S/C42H26BrN3.C25H19BO2.C17H9Br2N3/c43-41-45-38(34-24-22-28-23-25-37(27-12-3-1-4-13-27)44-39(28)40(34)46-41)29-14-11-17-31(26-29)42(30-15-5-2-6-16-30)35-20-9-7-18-32(35)33-19-8-10-21-36(33)42;27-26(28)20-12-8-11-19(17-20)25(18-9-2-1-3-10-18)23-15-6-4-13-21(23)22-14-5-7-16-24(22)25;18-16-12-8-6-11-7-9-13(10-4-2-1-3-5-10)20-14(11)15(12)21-17(19)22-16/h1-26H;1-17,27-28H;1-9H. The van der Waals surface area contributed by atoms with Crippen LogP contribution in [-0.4, -0.2) is 47.1 Å². The molecule has 12 aromatic carbocycles. The number of benzene rings is 12. The van der Waals surface area contributed by atoms with Crippen molar-refractivity contribution in [3.63, 3.8) is 0 Å². The van der Waals surface area contributed by atoms with Crippen molar-refractivity contribution in [3.8, 4) is 56.0 Å². The van der Waals surface area contributed by atoms with Gasteiger partial charge in [-0.2, -0.15) is 0 Å². The smallest absolute Gasteiger partial charge is 0.423 e. The van der Waals surface area contributed by atoms with Gasteiger partial charge in [0, 0.05) is 38.2 Å². The largest absolute Gasteiger partial charge is 0.488 e. The van der Waals surface area contributed by atoms with Crippen molar-refractivity contribution < 1.29 is 10.0 Å². The van der Waals surface area contributed by atoms with Gasteiger partial charge in [-0.1, -0.05) is 285 Å². The molecule has 8 nitrogen and oxygen atoms in total. The molecule has 0 unspecified atom stereocenters. The van der Waals surface area contributed by atoms with Crippen LogP contribution in [0.4, 0.5) is 0 Å². The first kappa shape index (κ1) is 60.5. The van der Waals surface area contributed by atoms with Gasteiger partial charge in [-0.05, 0) is 150 Å². The Morgan fingerprint density at radius 2 is 0.646 bits per heavy atom. The molecule has 18 rings (SSSR count). The third-order valence-corrected chi connectivity index (χ3v) is 19.9. The molecule has 4 heterocycles. The molecule has 4 aromatic heterocycles.